The van der Waals surface area contributed by atoms with Crippen LogP contribution in [0, 0.1) is 6.92 Å². The van der Waals surface area contributed by atoms with Gasteiger partial charge in [0.15, 0.2) is 0 Å². The summed E-state index contributed by atoms with van der Waals surface area (Å²) in [5.41, 5.74) is 10.2. The van der Waals surface area contributed by atoms with E-state index in [2.05, 4.69) is 4.98 Å². The van der Waals surface area contributed by atoms with Crippen molar-refractivity contribution in [3.63, 3.8) is 0 Å². The highest BCUT2D eigenvalue weighted by Crippen LogP contribution is 2.27. The van der Waals surface area contributed by atoms with Gasteiger partial charge in [0.05, 0.1) is 0 Å². The summed E-state index contributed by atoms with van der Waals surface area (Å²) in [5.74, 6) is 0. The Labute approximate surface area is 100 Å². The average Bonchev–Trinajstić information content (AvgIpc) is 2.30. The quantitative estimate of drug-likeness (QED) is 0.864. The Morgan fingerprint density at radius 2 is 1.88 bits per heavy atom. The minimum atomic E-state index is 0.493. The van der Waals surface area contributed by atoms with Crippen molar-refractivity contribution in [3.05, 3.63) is 52.8 Å². The second kappa shape index (κ2) is 4.64. The summed E-state index contributed by atoms with van der Waals surface area (Å²) in [6, 6.07) is 7.78. The highest BCUT2D eigenvalue weighted by atomic mass is 35.5. The van der Waals surface area contributed by atoms with Crippen molar-refractivity contribution in [2.24, 2.45) is 5.73 Å². The first-order valence-electron chi connectivity index (χ1n) is 5.12. The van der Waals surface area contributed by atoms with E-state index in [1.807, 2.05) is 43.6 Å². The van der Waals surface area contributed by atoms with Crippen LogP contribution in [-0.2, 0) is 6.54 Å². The van der Waals surface area contributed by atoms with Crippen LogP contribution in [0.3, 0.4) is 0 Å². The first-order chi connectivity index (χ1) is 7.72. The van der Waals surface area contributed by atoms with Crippen LogP contribution in [0.25, 0.3) is 11.1 Å². The highest BCUT2D eigenvalue weighted by Gasteiger charge is 2.07. The van der Waals surface area contributed by atoms with Gasteiger partial charge in [0.1, 0.15) is 0 Å². The third-order valence-electron chi connectivity index (χ3n) is 2.57. The van der Waals surface area contributed by atoms with E-state index in [0.29, 0.717) is 6.54 Å². The Morgan fingerprint density at radius 3 is 2.50 bits per heavy atom. The molecule has 0 aliphatic heterocycles. The number of aromatic nitrogens is 1. The summed E-state index contributed by atoms with van der Waals surface area (Å²) in [7, 11) is 0. The van der Waals surface area contributed by atoms with Gasteiger partial charge in [-0.05, 0) is 41.3 Å². The molecule has 0 aliphatic rings. The molecule has 0 bridgehead atoms. The lowest BCUT2D eigenvalue weighted by atomic mass is 9.97. The highest BCUT2D eigenvalue weighted by molar-refractivity contribution is 6.30. The van der Waals surface area contributed by atoms with Gasteiger partial charge in [0.25, 0.3) is 0 Å². The van der Waals surface area contributed by atoms with Gasteiger partial charge in [0, 0.05) is 24.0 Å². The molecular weight excluding hydrogens is 220 g/mol. The molecule has 0 saturated carbocycles. The molecule has 0 atom stereocenters. The fourth-order valence-corrected chi connectivity index (χ4v) is 1.93. The zero-order chi connectivity index (χ0) is 11.5. The predicted octanol–water partition coefficient (Wildman–Crippen LogP) is 3.17. The summed E-state index contributed by atoms with van der Waals surface area (Å²) < 4.78 is 0. The fourth-order valence-electron chi connectivity index (χ4n) is 1.81. The zero-order valence-electron chi connectivity index (χ0n) is 9.07. The molecule has 0 saturated heterocycles. The van der Waals surface area contributed by atoms with Crippen molar-refractivity contribution in [1.29, 1.82) is 0 Å². The normalized spacial score (nSPS) is 10.4. The maximum atomic E-state index is 5.88. The van der Waals surface area contributed by atoms with E-state index >= 15 is 0 Å². The second-order valence-electron chi connectivity index (χ2n) is 3.70. The van der Waals surface area contributed by atoms with E-state index in [-0.39, 0.29) is 0 Å². The smallest absolute Gasteiger partial charge is 0.0406 e. The van der Waals surface area contributed by atoms with Crippen LogP contribution in [0.4, 0.5) is 0 Å². The van der Waals surface area contributed by atoms with Crippen LogP contribution >= 0.6 is 11.6 Å². The molecule has 2 aromatic rings. The van der Waals surface area contributed by atoms with E-state index in [9.17, 15) is 0 Å². The number of halogens is 1. The fraction of sp³-hybridized carbons (Fsp3) is 0.154. The Hall–Kier alpha value is -1.38. The number of hydrogen-bond acceptors (Lipinski definition) is 2. The van der Waals surface area contributed by atoms with Crippen LogP contribution < -0.4 is 5.73 Å². The SMILES string of the molecule is Cc1cncc(CN)c1-c1ccc(Cl)cc1. The predicted molar refractivity (Wildman–Crippen MR) is 67.3 cm³/mol. The minimum Gasteiger partial charge on any atom is -0.326 e. The topological polar surface area (TPSA) is 38.9 Å². The van der Waals surface area contributed by atoms with Gasteiger partial charge in [-0.1, -0.05) is 23.7 Å². The Balaban J connectivity index is 2.58. The zero-order valence-corrected chi connectivity index (χ0v) is 9.83. The first-order valence-corrected chi connectivity index (χ1v) is 5.49. The number of rotatable bonds is 2. The monoisotopic (exact) mass is 232 g/mol. The van der Waals surface area contributed by atoms with Crippen molar-refractivity contribution in [3.8, 4) is 11.1 Å². The third kappa shape index (κ3) is 2.08. The van der Waals surface area contributed by atoms with Crippen LogP contribution in [0.2, 0.25) is 5.02 Å². The van der Waals surface area contributed by atoms with Gasteiger partial charge in [-0.3, -0.25) is 4.98 Å². The molecule has 2 N–H and O–H groups in total. The number of hydrogen-bond donors (Lipinski definition) is 1. The molecular formula is C13H13ClN2. The third-order valence-corrected chi connectivity index (χ3v) is 2.82. The molecule has 3 heteroatoms. The molecule has 1 heterocycles. The molecule has 0 spiro atoms. The van der Waals surface area contributed by atoms with Crippen LogP contribution in [0.5, 0.6) is 0 Å². The minimum absolute atomic E-state index is 0.493. The van der Waals surface area contributed by atoms with Crippen LogP contribution in [0.1, 0.15) is 11.1 Å². The maximum Gasteiger partial charge on any atom is 0.0406 e. The Bertz CT molecular complexity index is 492. The van der Waals surface area contributed by atoms with Crippen molar-refractivity contribution >= 4 is 11.6 Å². The molecule has 0 amide bonds. The summed E-state index contributed by atoms with van der Waals surface area (Å²) in [5, 5.41) is 0.741. The molecule has 1 aromatic heterocycles. The summed E-state index contributed by atoms with van der Waals surface area (Å²) >= 11 is 5.88. The van der Waals surface area contributed by atoms with Crippen LogP contribution in [-0.4, -0.2) is 4.98 Å². The number of nitrogens with zero attached hydrogens (tertiary/aromatic N) is 1. The first kappa shape index (κ1) is 11.1. The lowest BCUT2D eigenvalue weighted by Crippen LogP contribution is -2.01. The molecule has 16 heavy (non-hydrogen) atoms. The standard InChI is InChI=1S/C13H13ClN2/c1-9-7-16-8-11(6-15)13(9)10-2-4-12(14)5-3-10/h2-5,7-8H,6,15H2,1H3. The summed E-state index contributed by atoms with van der Waals surface area (Å²) in [6.07, 6.45) is 3.67. The van der Waals surface area contributed by atoms with E-state index in [1.165, 1.54) is 0 Å². The number of nitrogens with two attached hydrogens (primary N) is 1. The Kier molecular flexibility index (Phi) is 3.22. The number of aryl methyl sites for hydroxylation is 1. The summed E-state index contributed by atoms with van der Waals surface area (Å²) in [4.78, 5) is 4.15. The van der Waals surface area contributed by atoms with Gasteiger partial charge in [0.2, 0.25) is 0 Å². The van der Waals surface area contributed by atoms with Gasteiger partial charge < -0.3 is 5.73 Å². The molecule has 0 aliphatic carbocycles. The van der Waals surface area contributed by atoms with E-state index in [0.717, 1.165) is 27.3 Å². The largest absolute Gasteiger partial charge is 0.326 e. The maximum absolute atomic E-state index is 5.88. The van der Waals surface area contributed by atoms with Gasteiger partial charge >= 0.3 is 0 Å². The molecule has 0 fully saturated rings. The molecule has 82 valence electrons. The molecule has 2 rings (SSSR count). The van der Waals surface area contributed by atoms with E-state index in [4.69, 9.17) is 17.3 Å². The second-order valence-corrected chi connectivity index (χ2v) is 4.14. The van der Waals surface area contributed by atoms with Crippen molar-refractivity contribution in [2.75, 3.05) is 0 Å². The number of benzene rings is 1. The van der Waals surface area contributed by atoms with E-state index < -0.39 is 0 Å². The lowest BCUT2D eigenvalue weighted by Gasteiger charge is -2.10. The molecule has 2 nitrogen and oxygen atoms in total. The average molecular weight is 233 g/mol. The van der Waals surface area contributed by atoms with Gasteiger partial charge in [-0.15, -0.1) is 0 Å². The molecule has 0 unspecified atom stereocenters. The summed E-state index contributed by atoms with van der Waals surface area (Å²) in [6.45, 7) is 2.53. The molecule has 1 aromatic carbocycles. The van der Waals surface area contributed by atoms with E-state index in [1.54, 1.807) is 0 Å². The van der Waals surface area contributed by atoms with Gasteiger partial charge in [-0.25, -0.2) is 0 Å². The lowest BCUT2D eigenvalue weighted by molar-refractivity contribution is 1.04. The van der Waals surface area contributed by atoms with Crippen LogP contribution in [0.15, 0.2) is 36.7 Å². The van der Waals surface area contributed by atoms with Crippen molar-refractivity contribution in [1.82, 2.24) is 4.98 Å². The van der Waals surface area contributed by atoms with Crippen molar-refractivity contribution < 1.29 is 0 Å². The van der Waals surface area contributed by atoms with Gasteiger partial charge in [-0.2, -0.15) is 0 Å². The number of pyridine rings is 1. The molecule has 0 radical (unpaired) electrons. The Morgan fingerprint density at radius 1 is 1.19 bits per heavy atom. The van der Waals surface area contributed by atoms with Crippen molar-refractivity contribution in [2.45, 2.75) is 13.5 Å².